The van der Waals surface area contributed by atoms with Crippen molar-refractivity contribution < 1.29 is 29.2 Å². The zero-order chi connectivity index (χ0) is 11.7. The van der Waals surface area contributed by atoms with Gasteiger partial charge in [0.25, 0.3) is 0 Å². The minimum atomic E-state index is -0.855. The summed E-state index contributed by atoms with van der Waals surface area (Å²) in [4.78, 5) is 10.4. The second kappa shape index (κ2) is 4.67. The second-order valence-corrected chi connectivity index (χ2v) is 4.23. The van der Waals surface area contributed by atoms with Gasteiger partial charge in [-0.25, -0.2) is 0 Å². The van der Waals surface area contributed by atoms with E-state index in [0.717, 1.165) is 0 Å². The quantitative estimate of drug-likeness (QED) is 0.653. The maximum absolute atomic E-state index is 10.4. The molecule has 2 aliphatic heterocycles. The predicted molar refractivity (Wildman–Crippen MR) is 51.6 cm³/mol. The molecule has 0 aliphatic carbocycles. The second-order valence-electron chi connectivity index (χ2n) is 4.23. The molecule has 6 nitrogen and oxygen atoms in total. The molecule has 2 saturated heterocycles. The maximum Gasteiger partial charge on any atom is 0.303 e. The maximum atomic E-state index is 10.4. The Morgan fingerprint density at radius 2 is 2.31 bits per heavy atom. The molecule has 0 aromatic carbocycles. The molecular formula is C10H16O6. The van der Waals surface area contributed by atoms with E-state index in [1.165, 1.54) is 0 Å². The monoisotopic (exact) mass is 232 g/mol. The summed E-state index contributed by atoms with van der Waals surface area (Å²) in [6.07, 6.45) is -0.941. The van der Waals surface area contributed by atoms with Gasteiger partial charge in [-0.05, 0) is 13.3 Å². The number of carboxylic acid groups (broad SMARTS) is 1. The molecule has 5 atom stereocenters. The zero-order valence-electron chi connectivity index (χ0n) is 9.04. The van der Waals surface area contributed by atoms with Crippen LogP contribution in [0.4, 0.5) is 0 Å². The number of hydrogen-bond acceptors (Lipinski definition) is 5. The van der Waals surface area contributed by atoms with E-state index in [2.05, 4.69) is 0 Å². The van der Waals surface area contributed by atoms with E-state index in [4.69, 9.17) is 19.3 Å². The highest BCUT2D eigenvalue weighted by atomic mass is 16.8. The molecule has 1 unspecified atom stereocenters. The van der Waals surface area contributed by atoms with Gasteiger partial charge in [0, 0.05) is 12.8 Å². The number of ether oxygens (including phenoxy) is 3. The molecule has 2 rings (SSSR count). The van der Waals surface area contributed by atoms with Gasteiger partial charge in [-0.1, -0.05) is 0 Å². The minimum Gasteiger partial charge on any atom is -0.481 e. The van der Waals surface area contributed by atoms with Crippen LogP contribution in [0.1, 0.15) is 26.2 Å². The van der Waals surface area contributed by atoms with E-state index in [0.29, 0.717) is 12.8 Å². The lowest BCUT2D eigenvalue weighted by atomic mass is 10.1. The summed E-state index contributed by atoms with van der Waals surface area (Å²) in [6, 6.07) is 0. The first-order chi connectivity index (χ1) is 7.56. The van der Waals surface area contributed by atoms with E-state index in [9.17, 15) is 9.90 Å². The molecule has 0 aromatic heterocycles. The van der Waals surface area contributed by atoms with E-state index in [1.54, 1.807) is 6.92 Å². The van der Waals surface area contributed by atoms with Crippen LogP contribution in [0.2, 0.25) is 0 Å². The van der Waals surface area contributed by atoms with Crippen LogP contribution in [-0.2, 0) is 19.0 Å². The first kappa shape index (κ1) is 11.8. The molecule has 2 N–H and O–H groups in total. The number of aliphatic hydroxyl groups is 1. The standard InChI is InChI=1S/C10H16O6/c1-5(2-3-8(12)13)14-9-6(11)4-7-10(15-7)16-9/h5-7,9-11H,2-4H2,1H3,(H,12,13)/t5-,6+,7-,9-,10?/m1/s1. The number of aliphatic carboxylic acids is 1. The van der Waals surface area contributed by atoms with Gasteiger partial charge in [-0.2, -0.15) is 0 Å². The van der Waals surface area contributed by atoms with E-state index < -0.39 is 18.4 Å². The fraction of sp³-hybridized carbons (Fsp3) is 0.900. The normalized spacial score (nSPS) is 38.9. The summed E-state index contributed by atoms with van der Waals surface area (Å²) in [6.45, 7) is 1.76. The lowest BCUT2D eigenvalue weighted by molar-refractivity contribution is -0.239. The summed E-state index contributed by atoms with van der Waals surface area (Å²) in [5.74, 6) is -0.855. The molecule has 0 bridgehead atoms. The lowest BCUT2D eigenvalue weighted by Crippen LogP contribution is -2.40. The molecule has 0 radical (unpaired) electrons. The number of fused-ring (bicyclic) bond motifs is 1. The van der Waals surface area contributed by atoms with Gasteiger partial charge in [-0.15, -0.1) is 0 Å². The Hall–Kier alpha value is -0.690. The van der Waals surface area contributed by atoms with Crippen LogP contribution in [0.5, 0.6) is 0 Å². The van der Waals surface area contributed by atoms with Crippen molar-refractivity contribution in [3.05, 3.63) is 0 Å². The van der Waals surface area contributed by atoms with Gasteiger partial charge in [-0.3, -0.25) is 4.79 Å². The Kier molecular flexibility index (Phi) is 3.44. The number of rotatable bonds is 5. The highest BCUT2D eigenvalue weighted by Gasteiger charge is 2.50. The lowest BCUT2D eigenvalue weighted by Gasteiger charge is -2.28. The Morgan fingerprint density at radius 1 is 1.56 bits per heavy atom. The minimum absolute atomic E-state index is 0.00387. The Bertz CT molecular complexity index is 268. The first-order valence-corrected chi connectivity index (χ1v) is 5.42. The highest BCUT2D eigenvalue weighted by Crippen LogP contribution is 2.36. The Balaban J connectivity index is 1.73. The van der Waals surface area contributed by atoms with Crippen LogP contribution in [0.25, 0.3) is 0 Å². The van der Waals surface area contributed by atoms with Crippen LogP contribution in [-0.4, -0.2) is 47.1 Å². The molecule has 92 valence electrons. The van der Waals surface area contributed by atoms with Gasteiger partial charge >= 0.3 is 5.97 Å². The van der Waals surface area contributed by atoms with Gasteiger partial charge < -0.3 is 24.4 Å². The molecular weight excluding hydrogens is 216 g/mol. The topological polar surface area (TPSA) is 88.5 Å². The third-order valence-electron chi connectivity index (χ3n) is 2.72. The van der Waals surface area contributed by atoms with Crippen LogP contribution < -0.4 is 0 Å². The SMILES string of the molecule is C[C@H](CCC(=O)O)O[C@@H]1OC2O[C@@H]2C[C@@H]1O. The first-order valence-electron chi connectivity index (χ1n) is 5.42. The van der Waals surface area contributed by atoms with Crippen LogP contribution >= 0.6 is 0 Å². The number of epoxide rings is 1. The summed E-state index contributed by atoms with van der Waals surface area (Å²) in [5, 5.41) is 18.2. The molecule has 0 aromatic rings. The number of hydrogen-bond donors (Lipinski definition) is 2. The average Bonchev–Trinajstić information content (AvgIpc) is 2.93. The molecule has 0 amide bonds. The molecule has 2 aliphatic rings. The van der Waals surface area contributed by atoms with E-state index in [1.807, 2.05) is 0 Å². The van der Waals surface area contributed by atoms with Crippen LogP contribution in [0.3, 0.4) is 0 Å². The largest absolute Gasteiger partial charge is 0.481 e. The van der Waals surface area contributed by atoms with Crippen molar-refractivity contribution >= 4 is 5.97 Å². The summed E-state index contributed by atoms with van der Waals surface area (Å²) < 4.78 is 15.8. The van der Waals surface area contributed by atoms with Crippen molar-refractivity contribution in [2.45, 2.75) is 57.1 Å². The summed E-state index contributed by atoms with van der Waals surface area (Å²) in [7, 11) is 0. The summed E-state index contributed by atoms with van der Waals surface area (Å²) in [5.41, 5.74) is 0. The molecule has 2 fully saturated rings. The molecule has 0 spiro atoms. The van der Waals surface area contributed by atoms with Gasteiger partial charge in [0.2, 0.25) is 0 Å². The Labute approximate surface area is 93.1 Å². The number of carboxylic acids is 1. The molecule has 0 saturated carbocycles. The van der Waals surface area contributed by atoms with Crippen molar-refractivity contribution in [1.29, 1.82) is 0 Å². The number of carbonyl (C=O) groups is 1. The summed E-state index contributed by atoms with van der Waals surface area (Å²) >= 11 is 0. The van der Waals surface area contributed by atoms with E-state index >= 15 is 0 Å². The number of aliphatic hydroxyl groups excluding tert-OH is 1. The third kappa shape index (κ3) is 2.91. The predicted octanol–water partition coefficient (Wildman–Crippen LogP) is 0.0885. The highest BCUT2D eigenvalue weighted by molar-refractivity contribution is 5.66. The molecule has 16 heavy (non-hydrogen) atoms. The van der Waals surface area contributed by atoms with Crippen molar-refractivity contribution in [2.24, 2.45) is 0 Å². The van der Waals surface area contributed by atoms with Gasteiger partial charge in [0.1, 0.15) is 12.2 Å². The van der Waals surface area contributed by atoms with E-state index in [-0.39, 0.29) is 24.9 Å². The van der Waals surface area contributed by atoms with Crippen molar-refractivity contribution in [3.8, 4) is 0 Å². The van der Waals surface area contributed by atoms with Crippen LogP contribution in [0, 0.1) is 0 Å². The van der Waals surface area contributed by atoms with Crippen molar-refractivity contribution in [1.82, 2.24) is 0 Å². The molecule has 2 heterocycles. The zero-order valence-corrected chi connectivity index (χ0v) is 9.04. The fourth-order valence-corrected chi connectivity index (χ4v) is 1.73. The molecule has 6 heteroatoms. The smallest absolute Gasteiger partial charge is 0.303 e. The average molecular weight is 232 g/mol. The third-order valence-corrected chi connectivity index (χ3v) is 2.72. The van der Waals surface area contributed by atoms with Gasteiger partial charge in [0.05, 0.1) is 6.10 Å². The van der Waals surface area contributed by atoms with Gasteiger partial charge in [0.15, 0.2) is 12.6 Å². The van der Waals surface area contributed by atoms with Crippen molar-refractivity contribution in [2.75, 3.05) is 0 Å². The van der Waals surface area contributed by atoms with Crippen molar-refractivity contribution in [3.63, 3.8) is 0 Å². The van der Waals surface area contributed by atoms with Crippen LogP contribution in [0.15, 0.2) is 0 Å². The Morgan fingerprint density at radius 3 is 3.00 bits per heavy atom. The fourth-order valence-electron chi connectivity index (χ4n) is 1.73.